The molecule has 1 unspecified atom stereocenters. The summed E-state index contributed by atoms with van der Waals surface area (Å²) in [5.41, 5.74) is 0.321. The predicted molar refractivity (Wildman–Crippen MR) is 73.9 cm³/mol. The average Bonchev–Trinajstić information content (AvgIpc) is 2.98. The van der Waals surface area contributed by atoms with Crippen LogP contribution in [0.3, 0.4) is 0 Å². The third-order valence-corrected chi connectivity index (χ3v) is 3.63. The molecule has 1 aliphatic heterocycles. The Morgan fingerprint density at radius 1 is 1.29 bits per heavy atom. The monoisotopic (exact) mass is 285 g/mol. The van der Waals surface area contributed by atoms with Gasteiger partial charge in [0.15, 0.2) is 0 Å². The Morgan fingerprint density at radius 2 is 2.05 bits per heavy atom. The zero-order valence-electron chi connectivity index (χ0n) is 11.6. The zero-order valence-corrected chi connectivity index (χ0v) is 11.6. The molecule has 1 aromatic carbocycles. The second-order valence-electron chi connectivity index (χ2n) is 5.19. The van der Waals surface area contributed by atoms with E-state index in [1.807, 2.05) is 30.3 Å². The van der Waals surface area contributed by atoms with Gasteiger partial charge < -0.3 is 14.7 Å². The molecule has 0 radical (unpaired) electrons. The van der Waals surface area contributed by atoms with Gasteiger partial charge in [0, 0.05) is 6.07 Å². The van der Waals surface area contributed by atoms with E-state index in [4.69, 9.17) is 4.52 Å². The Morgan fingerprint density at radius 3 is 2.71 bits per heavy atom. The van der Waals surface area contributed by atoms with Crippen molar-refractivity contribution in [1.82, 2.24) is 15.4 Å². The van der Waals surface area contributed by atoms with Gasteiger partial charge in [0.05, 0.1) is 6.54 Å². The standard InChI is InChI=1S/C15H15N3O3/c1-15(11-5-3-2-4-6-11)14(20)18(10-13(19)16-15)9-12-7-8-21-17-12/h2-8H,9-10H2,1H3,(H,16,19). The number of piperazine rings is 1. The van der Waals surface area contributed by atoms with Crippen molar-refractivity contribution in [3.8, 4) is 0 Å². The van der Waals surface area contributed by atoms with E-state index in [9.17, 15) is 9.59 Å². The molecule has 3 rings (SSSR count). The van der Waals surface area contributed by atoms with Crippen molar-refractivity contribution in [2.24, 2.45) is 0 Å². The molecule has 108 valence electrons. The highest BCUT2D eigenvalue weighted by atomic mass is 16.5. The minimum Gasteiger partial charge on any atom is -0.364 e. The molecular weight excluding hydrogens is 270 g/mol. The summed E-state index contributed by atoms with van der Waals surface area (Å²) in [6.07, 6.45) is 1.44. The van der Waals surface area contributed by atoms with Gasteiger partial charge in [-0.15, -0.1) is 0 Å². The quantitative estimate of drug-likeness (QED) is 0.914. The third kappa shape index (κ3) is 2.40. The van der Waals surface area contributed by atoms with Crippen LogP contribution in [0.4, 0.5) is 0 Å². The largest absolute Gasteiger partial charge is 0.364 e. The highest BCUT2D eigenvalue weighted by Gasteiger charge is 2.44. The van der Waals surface area contributed by atoms with Crippen LogP contribution in [0.15, 0.2) is 47.2 Å². The Kier molecular flexibility index (Phi) is 3.21. The Labute approximate surface area is 121 Å². The van der Waals surface area contributed by atoms with Gasteiger partial charge in [-0.05, 0) is 12.5 Å². The molecule has 1 saturated heterocycles. The van der Waals surface area contributed by atoms with Gasteiger partial charge in [0.1, 0.15) is 24.0 Å². The van der Waals surface area contributed by atoms with E-state index in [0.717, 1.165) is 5.56 Å². The Hall–Kier alpha value is -2.63. The lowest BCUT2D eigenvalue weighted by atomic mass is 9.88. The number of carbonyl (C=O) groups is 2. The number of amides is 2. The first-order chi connectivity index (χ1) is 10.1. The fourth-order valence-electron chi connectivity index (χ4n) is 2.54. The molecule has 6 nitrogen and oxygen atoms in total. The second-order valence-corrected chi connectivity index (χ2v) is 5.19. The van der Waals surface area contributed by atoms with Crippen LogP contribution in [0.2, 0.25) is 0 Å². The van der Waals surface area contributed by atoms with Gasteiger partial charge in [0.25, 0.3) is 5.91 Å². The molecular formula is C15H15N3O3. The van der Waals surface area contributed by atoms with Gasteiger partial charge in [-0.25, -0.2) is 0 Å². The van der Waals surface area contributed by atoms with E-state index in [0.29, 0.717) is 5.69 Å². The number of hydrogen-bond donors (Lipinski definition) is 1. The van der Waals surface area contributed by atoms with Crippen molar-refractivity contribution in [1.29, 1.82) is 0 Å². The van der Waals surface area contributed by atoms with Gasteiger partial charge >= 0.3 is 0 Å². The topological polar surface area (TPSA) is 75.4 Å². The van der Waals surface area contributed by atoms with Crippen molar-refractivity contribution < 1.29 is 14.1 Å². The number of carbonyl (C=O) groups excluding carboxylic acids is 2. The molecule has 0 saturated carbocycles. The fraction of sp³-hybridized carbons (Fsp3) is 0.267. The number of rotatable bonds is 3. The maximum Gasteiger partial charge on any atom is 0.253 e. The van der Waals surface area contributed by atoms with Crippen molar-refractivity contribution >= 4 is 11.8 Å². The molecule has 1 atom stereocenters. The van der Waals surface area contributed by atoms with E-state index in [-0.39, 0.29) is 24.9 Å². The average molecular weight is 285 g/mol. The normalized spacial score (nSPS) is 22.2. The number of nitrogens with one attached hydrogen (secondary N) is 1. The van der Waals surface area contributed by atoms with Crippen LogP contribution in [0.25, 0.3) is 0 Å². The lowest BCUT2D eigenvalue weighted by molar-refractivity contribution is -0.150. The van der Waals surface area contributed by atoms with Crippen LogP contribution in [-0.4, -0.2) is 28.4 Å². The van der Waals surface area contributed by atoms with E-state index in [1.165, 1.54) is 11.2 Å². The number of benzene rings is 1. The van der Waals surface area contributed by atoms with Crippen molar-refractivity contribution in [3.05, 3.63) is 53.9 Å². The first-order valence-electron chi connectivity index (χ1n) is 6.65. The molecule has 21 heavy (non-hydrogen) atoms. The van der Waals surface area contributed by atoms with Crippen LogP contribution in [0.1, 0.15) is 18.2 Å². The number of hydrogen-bond acceptors (Lipinski definition) is 4. The molecule has 2 heterocycles. The first-order valence-corrected chi connectivity index (χ1v) is 6.65. The first kappa shape index (κ1) is 13.4. The molecule has 2 amide bonds. The number of nitrogens with zero attached hydrogens (tertiary/aromatic N) is 2. The highest BCUT2D eigenvalue weighted by molar-refractivity contribution is 5.98. The van der Waals surface area contributed by atoms with Gasteiger partial charge in [0.2, 0.25) is 5.91 Å². The summed E-state index contributed by atoms with van der Waals surface area (Å²) >= 11 is 0. The van der Waals surface area contributed by atoms with Gasteiger partial charge in [-0.3, -0.25) is 9.59 Å². The van der Waals surface area contributed by atoms with Crippen LogP contribution >= 0.6 is 0 Å². The molecule has 1 fully saturated rings. The van der Waals surface area contributed by atoms with Gasteiger partial charge in [-0.1, -0.05) is 35.5 Å². The van der Waals surface area contributed by atoms with E-state index in [1.54, 1.807) is 13.0 Å². The second kappa shape index (κ2) is 5.05. The van der Waals surface area contributed by atoms with Crippen LogP contribution in [0.5, 0.6) is 0 Å². The molecule has 1 aromatic heterocycles. The SMILES string of the molecule is CC1(c2ccccc2)NC(=O)CN(Cc2ccon2)C1=O. The Balaban J connectivity index is 1.91. The fourth-order valence-corrected chi connectivity index (χ4v) is 2.54. The molecule has 0 spiro atoms. The molecule has 6 heteroatoms. The maximum absolute atomic E-state index is 12.8. The third-order valence-electron chi connectivity index (χ3n) is 3.63. The summed E-state index contributed by atoms with van der Waals surface area (Å²) in [6, 6.07) is 10.9. The Bertz CT molecular complexity index is 654. The van der Waals surface area contributed by atoms with E-state index in [2.05, 4.69) is 10.5 Å². The number of aromatic nitrogens is 1. The summed E-state index contributed by atoms with van der Waals surface area (Å²) in [5, 5.41) is 6.58. The zero-order chi connectivity index (χ0) is 14.9. The van der Waals surface area contributed by atoms with Crippen LogP contribution in [-0.2, 0) is 21.7 Å². The summed E-state index contributed by atoms with van der Waals surface area (Å²) in [7, 11) is 0. The van der Waals surface area contributed by atoms with Crippen molar-refractivity contribution in [3.63, 3.8) is 0 Å². The minimum atomic E-state index is -1.06. The highest BCUT2D eigenvalue weighted by Crippen LogP contribution is 2.26. The summed E-state index contributed by atoms with van der Waals surface area (Å²) in [6.45, 7) is 2.00. The summed E-state index contributed by atoms with van der Waals surface area (Å²) in [5.74, 6) is -0.347. The van der Waals surface area contributed by atoms with Crippen LogP contribution < -0.4 is 5.32 Å². The predicted octanol–water partition coefficient (Wildman–Crippen LogP) is 1.05. The van der Waals surface area contributed by atoms with Crippen molar-refractivity contribution in [2.45, 2.75) is 19.0 Å². The minimum absolute atomic E-state index is 0.0219. The maximum atomic E-state index is 12.8. The molecule has 1 N–H and O–H groups in total. The smallest absolute Gasteiger partial charge is 0.253 e. The summed E-state index contributed by atoms with van der Waals surface area (Å²) < 4.78 is 4.77. The lowest BCUT2D eigenvalue weighted by Crippen LogP contribution is -2.62. The van der Waals surface area contributed by atoms with Crippen molar-refractivity contribution in [2.75, 3.05) is 6.54 Å². The van der Waals surface area contributed by atoms with Gasteiger partial charge in [-0.2, -0.15) is 0 Å². The molecule has 0 aliphatic carbocycles. The molecule has 1 aliphatic rings. The molecule has 0 bridgehead atoms. The lowest BCUT2D eigenvalue weighted by Gasteiger charge is -2.39. The molecule has 2 aromatic rings. The summed E-state index contributed by atoms with van der Waals surface area (Å²) in [4.78, 5) is 26.2. The van der Waals surface area contributed by atoms with Crippen LogP contribution in [0, 0.1) is 0 Å². The van der Waals surface area contributed by atoms with E-state index >= 15 is 0 Å². The van der Waals surface area contributed by atoms with E-state index < -0.39 is 5.54 Å².